The molecule has 0 aliphatic carbocycles. The van der Waals surface area contributed by atoms with Gasteiger partial charge in [0.25, 0.3) is 0 Å². The summed E-state index contributed by atoms with van der Waals surface area (Å²) < 4.78 is 14.0. The molecular formula is C20H22BrN3O3. The van der Waals surface area contributed by atoms with E-state index in [1.807, 2.05) is 42.1 Å². The number of Topliss-reactive ketones (excluding diaryl/α,β-unsaturated/α-hetero) is 1. The van der Waals surface area contributed by atoms with Crippen LogP contribution in [-0.4, -0.2) is 24.6 Å². The number of nitrogen functional groups attached to an aromatic ring is 1. The number of imidazole rings is 1. The maximum Gasteiger partial charge on any atom is 0.355 e. The highest BCUT2D eigenvalue weighted by Crippen LogP contribution is 2.24. The lowest BCUT2D eigenvalue weighted by Gasteiger charge is -2.02. The molecule has 1 heterocycles. The van der Waals surface area contributed by atoms with Crippen molar-refractivity contribution in [3.8, 4) is 22.8 Å². The molecule has 0 saturated carbocycles. The second-order valence-electron chi connectivity index (χ2n) is 5.94. The number of hydrogen-bond donors (Lipinski definition) is 1. The van der Waals surface area contributed by atoms with E-state index >= 15 is 0 Å². The van der Waals surface area contributed by atoms with Gasteiger partial charge in [0.2, 0.25) is 0 Å². The Morgan fingerprint density at radius 1 is 1.07 bits per heavy atom. The van der Waals surface area contributed by atoms with Crippen molar-refractivity contribution in [1.29, 1.82) is 0 Å². The van der Waals surface area contributed by atoms with Gasteiger partial charge in [-0.05, 0) is 36.4 Å². The molecule has 27 heavy (non-hydrogen) atoms. The van der Waals surface area contributed by atoms with Crippen LogP contribution in [-0.2, 0) is 13.6 Å². The number of aromatic nitrogens is 2. The van der Waals surface area contributed by atoms with Crippen molar-refractivity contribution >= 4 is 11.7 Å². The van der Waals surface area contributed by atoms with E-state index in [0.717, 1.165) is 17.0 Å². The fourth-order valence-corrected chi connectivity index (χ4v) is 2.82. The number of hydrogen-bond acceptors (Lipinski definition) is 4. The summed E-state index contributed by atoms with van der Waals surface area (Å²) in [6.45, 7) is 0.163. The number of anilines is 1. The normalized spacial score (nSPS) is 10.2. The van der Waals surface area contributed by atoms with E-state index in [9.17, 15) is 4.79 Å². The topological polar surface area (TPSA) is 70.4 Å². The summed E-state index contributed by atoms with van der Waals surface area (Å²) >= 11 is 0. The molecule has 0 radical (unpaired) electrons. The number of nitrogens with two attached hydrogens (primary N) is 1. The molecule has 7 heteroatoms. The van der Waals surface area contributed by atoms with Crippen LogP contribution in [0.3, 0.4) is 0 Å². The first-order chi connectivity index (χ1) is 12.5. The standard InChI is InChI=1S/C20H21N3O3.BrH/c1-22-18(15-5-4-6-17(11-15)26-3)12-23(20(22)21)13-19(24)14-7-9-16(25-2)10-8-14;/h4-12,21H,13H2,1-3H3;1H. The summed E-state index contributed by atoms with van der Waals surface area (Å²) in [6.07, 6.45) is 1.88. The average molecular weight is 432 g/mol. The fourth-order valence-electron chi connectivity index (χ4n) is 2.82. The monoisotopic (exact) mass is 431 g/mol. The summed E-state index contributed by atoms with van der Waals surface area (Å²) in [5, 5.41) is 0. The Morgan fingerprint density at radius 3 is 2.37 bits per heavy atom. The van der Waals surface area contributed by atoms with Gasteiger partial charge in [-0.15, -0.1) is 0 Å². The fraction of sp³-hybridized carbons (Fsp3) is 0.200. The summed E-state index contributed by atoms with van der Waals surface area (Å²) in [7, 11) is 5.10. The number of methoxy groups -OCH3 is 2. The van der Waals surface area contributed by atoms with Crippen molar-refractivity contribution in [3.05, 3.63) is 60.3 Å². The third kappa shape index (κ3) is 4.31. The maximum atomic E-state index is 12.6. The molecule has 3 rings (SSSR count). The van der Waals surface area contributed by atoms with Crippen LogP contribution < -0.4 is 36.8 Å². The van der Waals surface area contributed by atoms with E-state index in [2.05, 4.69) is 0 Å². The zero-order valence-corrected chi connectivity index (χ0v) is 17.1. The first-order valence-electron chi connectivity index (χ1n) is 8.19. The number of ether oxygens (including phenoxy) is 2. The molecular weight excluding hydrogens is 410 g/mol. The predicted molar refractivity (Wildman–Crippen MR) is 99.3 cm³/mol. The number of rotatable bonds is 6. The molecule has 0 spiro atoms. The van der Waals surface area contributed by atoms with Crippen LogP contribution in [0.5, 0.6) is 11.5 Å². The molecule has 0 atom stereocenters. The van der Waals surface area contributed by atoms with E-state index in [1.165, 1.54) is 0 Å². The Balaban J connectivity index is 0.00000261. The van der Waals surface area contributed by atoms with Crippen molar-refractivity contribution in [1.82, 2.24) is 4.57 Å². The highest BCUT2D eigenvalue weighted by molar-refractivity contribution is 5.95. The van der Waals surface area contributed by atoms with E-state index < -0.39 is 0 Å². The number of carbonyl (C=O) groups excluding carboxylic acids is 1. The third-order valence-corrected chi connectivity index (χ3v) is 4.37. The first kappa shape index (κ1) is 20.5. The molecule has 142 valence electrons. The lowest BCUT2D eigenvalue weighted by Crippen LogP contribution is -3.00. The van der Waals surface area contributed by atoms with Gasteiger partial charge in [-0.2, -0.15) is 0 Å². The average Bonchev–Trinajstić information content (AvgIpc) is 2.96. The number of carbonyl (C=O) groups is 1. The van der Waals surface area contributed by atoms with Gasteiger partial charge in [0.15, 0.2) is 5.78 Å². The zero-order chi connectivity index (χ0) is 18.7. The molecule has 2 aromatic carbocycles. The number of ketones is 1. The van der Waals surface area contributed by atoms with Crippen LogP contribution in [0.2, 0.25) is 0 Å². The molecule has 0 saturated heterocycles. The predicted octanol–water partition coefficient (Wildman–Crippen LogP) is -0.534. The van der Waals surface area contributed by atoms with E-state index in [4.69, 9.17) is 15.2 Å². The minimum absolute atomic E-state index is 0. The highest BCUT2D eigenvalue weighted by atomic mass is 79.9. The molecule has 3 aromatic rings. The number of nitrogens with zero attached hydrogens (tertiary/aromatic N) is 2. The van der Waals surface area contributed by atoms with Gasteiger partial charge in [-0.1, -0.05) is 12.1 Å². The van der Waals surface area contributed by atoms with Crippen LogP contribution in [0.25, 0.3) is 11.3 Å². The molecule has 1 aromatic heterocycles. The molecule has 0 bridgehead atoms. The van der Waals surface area contributed by atoms with Crippen LogP contribution in [0, 0.1) is 0 Å². The molecule has 0 unspecified atom stereocenters. The molecule has 6 nitrogen and oxygen atoms in total. The number of benzene rings is 2. The second kappa shape index (κ2) is 8.73. The van der Waals surface area contributed by atoms with Crippen LogP contribution in [0.4, 0.5) is 5.95 Å². The van der Waals surface area contributed by atoms with Gasteiger partial charge < -0.3 is 26.5 Å². The zero-order valence-electron chi connectivity index (χ0n) is 15.5. The lowest BCUT2D eigenvalue weighted by atomic mass is 10.1. The minimum Gasteiger partial charge on any atom is -1.00 e. The maximum absolute atomic E-state index is 12.6. The Hall–Kier alpha value is -2.80. The Labute approximate surface area is 168 Å². The van der Waals surface area contributed by atoms with Crippen molar-refractivity contribution < 1.29 is 35.8 Å². The van der Waals surface area contributed by atoms with Gasteiger partial charge in [-0.25, -0.2) is 9.13 Å². The quantitative estimate of drug-likeness (QED) is 0.420. The summed E-state index contributed by atoms with van der Waals surface area (Å²) in [5.74, 6) is 1.97. The second-order valence-corrected chi connectivity index (χ2v) is 5.94. The van der Waals surface area contributed by atoms with Gasteiger partial charge in [0.05, 0.1) is 21.3 Å². The Kier molecular flexibility index (Phi) is 6.63. The number of halogens is 1. The van der Waals surface area contributed by atoms with Gasteiger partial charge in [-0.3, -0.25) is 10.5 Å². The Bertz CT molecular complexity index is 936. The van der Waals surface area contributed by atoms with Crippen LogP contribution in [0.1, 0.15) is 10.4 Å². The van der Waals surface area contributed by atoms with Crippen molar-refractivity contribution in [2.45, 2.75) is 6.54 Å². The van der Waals surface area contributed by atoms with Gasteiger partial charge in [0.1, 0.15) is 29.9 Å². The Morgan fingerprint density at radius 2 is 1.74 bits per heavy atom. The first-order valence-corrected chi connectivity index (χ1v) is 8.19. The van der Waals surface area contributed by atoms with Gasteiger partial charge in [0, 0.05) is 11.1 Å². The molecule has 0 aliphatic heterocycles. The minimum atomic E-state index is -0.0212. The highest BCUT2D eigenvalue weighted by Gasteiger charge is 2.20. The van der Waals surface area contributed by atoms with E-state index in [-0.39, 0.29) is 29.3 Å². The third-order valence-electron chi connectivity index (χ3n) is 4.37. The van der Waals surface area contributed by atoms with E-state index in [0.29, 0.717) is 17.3 Å². The van der Waals surface area contributed by atoms with Crippen LogP contribution >= 0.6 is 0 Å². The molecule has 0 aliphatic rings. The van der Waals surface area contributed by atoms with E-state index in [1.54, 1.807) is 43.1 Å². The molecule has 0 amide bonds. The smallest absolute Gasteiger partial charge is 0.355 e. The molecule has 2 N–H and O–H groups in total. The summed E-state index contributed by atoms with van der Waals surface area (Å²) in [5.41, 5.74) is 8.69. The van der Waals surface area contributed by atoms with Crippen molar-refractivity contribution in [2.24, 2.45) is 7.05 Å². The largest absolute Gasteiger partial charge is 1.00 e. The summed E-state index contributed by atoms with van der Waals surface area (Å²) in [6, 6.07) is 14.8. The van der Waals surface area contributed by atoms with Crippen molar-refractivity contribution in [3.63, 3.8) is 0 Å². The van der Waals surface area contributed by atoms with Crippen molar-refractivity contribution in [2.75, 3.05) is 20.0 Å². The SMILES string of the molecule is COc1ccc(C(=O)C[n+]2cc(-c3cccc(OC)c3)n(C)c2N)cc1.[Br-]. The lowest BCUT2D eigenvalue weighted by molar-refractivity contribution is -0.667. The van der Waals surface area contributed by atoms with Gasteiger partial charge >= 0.3 is 5.95 Å². The summed E-state index contributed by atoms with van der Waals surface area (Å²) in [4.78, 5) is 12.6. The van der Waals surface area contributed by atoms with Crippen LogP contribution in [0.15, 0.2) is 54.7 Å². The molecule has 0 fully saturated rings.